The Morgan fingerprint density at radius 2 is 1.94 bits per heavy atom. The topological polar surface area (TPSA) is 78.9 Å². The smallest absolute Gasteiger partial charge is 0.407 e. The fraction of sp³-hybridized carbons (Fsp3) is 0.833. The minimum absolute atomic E-state index is 0.104. The molecule has 1 aliphatic carbocycles. The number of rotatable bonds is 3. The molecule has 2 N–H and O–H groups in total. The number of carbonyl (C=O) groups excluding carboxylic acids is 1. The molecule has 0 aliphatic heterocycles. The lowest BCUT2D eigenvalue weighted by molar-refractivity contribution is 0.0437. The number of hydrogen-bond donors (Lipinski definition) is 2. The molecule has 2 amide bonds. The summed E-state index contributed by atoms with van der Waals surface area (Å²) in [6.45, 7) is 5.97. The van der Waals surface area contributed by atoms with E-state index in [0.717, 1.165) is 12.8 Å². The molecular weight excluding hydrogens is 236 g/mol. The standard InChI is InChI=1S/C12H22N2O4/c1-12(2,3)18-10(15)13-9-5-8(6-9)7-14(4)11(16)17/h8-9H,5-7H2,1-4H3,(H,13,15)(H,16,17). The Morgan fingerprint density at radius 1 is 1.39 bits per heavy atom. The van der Waals surface area contributed by atoms with Crippen LogP contribution in [0.25, 0.3) is 0 Å². The SMILES string of the molecule is CN(CC1CC(NC(=O)OC(C)(C)C)C1)C(=O)O. The molecule has 0 aromatic carbocycles. The minimum atomic E-state index is -0.918. The lowest BCUT2D eigenvalue weighted by Gasteiger charge is -2.37. The Kier molecular flexibility index (Phi) is 4.43. The Balaban J connectivity index is 2.19. The highest BCUT2D eigenvalue weighted by atomic mass is 16.6. The summed E-state index contributed by atoms with van der Waals surface area (Å²) in [6.07, 6.45) is 0.282. The van der Waals surface area contributed by atoms with Crippen LogP contribution in [0.15, 0.2) is 0 Å². The summed E-state index contributed by atoms with van der Waals surface area (Å²) in [7, 11) is 1.55. The molecule has 0 saturated heterocycles. The first kappa shape index (κ1) is 14.6. The first-order chi connectivity index (χ1) is 8.17. The predicted molar refractivity (Wildman–Crippen MR) is 66.5 cm³/mol. The third-order valence-corrected chi connectivity index (χ3v) is 2.82. The van der Waals surface area contributed by atoms with E-state index in [1.807, 2.05) is 20.8 Å². The molecule has 0 unspecified atom stereocenters. The summed E-state index contributed by atoms with van der Waals surface area (Å²) < 4.78 is 5.14. The van der Waals surface area contributed by atoms with Gasteiger partial charge in [-0.2, -0.15) is 0 Å². The minimum Gasteiger partial charge on any atom is -0.465 e. The zero-order chi connectivity index (χ0) is 13.9. The van der Waals surface area contributed by atoms with Gasteiger partial charge in [0.05, 0.1) is 0 Å². The molecule has 0 heterocycles. The fourth-order valence-corrected chi connectivity index (χ4v) is 1.94. The van der Waals surface area contributed by atoms with E-state index >= 15 is 0 Å². The van der Waals surface area contributed by atoms with Crippen LogP contribution in [0, 0.1) is 5.92 Å². The van der Waals surface area contributed by atoms with Gasteiger partial charge in [-0.25, -0.2) is 9.59 Å². The molecular formula is C12H22N2O4. The number of amides is 2. The van der Waals surface area contributed by atoms with Crippen molar-refractivity contribution in [2.45, 2.75) is 45.3 Å². The van der Waals surface area contributed by atoms with Crippen LogP contribution in [0.2, 0.25) is 0 Å². The maximum atomic E-state index is 11.5. The first-order valence-electron chi connectivity index (χ1n) is 6.11. The van der Waals surface area contributed by atoms with E-state index in [-0.39, 0.29) is 6.04 Å². The number of alkyl carbamates (subject to hydrolysis) is 1. The van der Waals surface area contributed by atoms with Crippen LogP contribution in [-0.4, -0.2) is 47.4 Å². The van der Waals surface area contributed by atoms with E-state index in [4.69, 9.17) is 9.84 Å². The molecule has 0 radical (unpaired) electrons. The van der Waals surface area contributed by atoms with Crippen molar-refractivity contribution in [3.05, 3.63) is 0 Å². The molecule has 0 spiro atoms. The molecule has 0 aromatic heterocycles. The Labute approximate surface area is 107 Å². The lowest BCUT2D eigenvalue weighted by atomic mass is 9.80. The van der Waals surface area contributed by atoms with Gasteiger partial charge in [-0.05, 0) is 39.5 Å². The molecule has 6 nitrogen and oxygen atoms in total. The van der Waals surface area contributed by atoms with Crippen molar-refractivity contribution < 1.29 is 19.4 Å². The van der Waals surface area contributed by atoms with Gasteiger partial charge in [-0.3, -0.25) is 0 Å². The Morgan fingerprint density at radius 3 is 2.39 bits per heavy atom. The van der Waals surface area contributed by atoms with Gasteiger partial charge in [0.2, 0.25) is 0 Å². The molecule has 1 saturated carbocycles. The summed E-state index contributed by atoms with van der Waals surface area (Å²) >= 11 is 0. The average molecular weight is 258 g/mol. The maximum absolute atomic E-state index is 11.5. The van der Waals surface area contributed by atoms with E-state index in [0.29, 0.717) is 12.5 Å². The molecule has 6 heteroatoms. The van der Waals surface area contributed by atoms with Crippen molar-refractivity contribution in [3.63, 3.8) is 0 Å². The van der Waals surface area contributed by atoms with E-state index < -0.39 is 17.8 Å². The second-order valence-electron chi connectivity index (χ2n) is 5.84. The molecule has 18 heavy (non-hydrogen) atoms. The van der Waals surface area contributed by atoms with Gasteiger partial charge in [0.25, 0.3) is 0 Å². The van der Waals surface area contributed by atoms with Crippen LogP contribution in [-0.2, 0) is 4.74 Å². The van der Waals surface area contributed by atoms with Crippen LogP contribution >= 0.6 is 0 Å². The molecule has 0 bridgehead atoms. The normalized spacial score (nSPS) is 22.9. The van der Waals surface area contributed by atoms with Crippen molar-refractivity contribution in [1.82, 2.24) is 10.2 Å². The third-order valence-electron chi connectivity index (χ3n) is 2.82. The maximum Gasteiger partial charge on any atom is 0.407 e. The number of hydrogen-bond acceptors (Lipinski definition) is 3. The van der Waals surface area contributed by atoms with Gasteiger partial charge in [0.15, 0.2) is 0 Å². The molecule has 1 fully saturated rings. The first-order valence-corrected chi connectivity index (χ1v) is 6.11. The number of ether oxygens (including phenoxy) is 1. The number of nitrogens with zero attached hydrogens (tertiary/aromatic N) is 1. The van der Waals surface area contributed by atoms with Crippen LogP contribution in [0.5, 0.6) is 0 Å². The quantitative estimate of drug-likeness (QED) is 0.810. The summed E-state index contributed by atoms with van der Waals surface area (Å²) in [4.78, 5) is 23.4. The Hall–Kier alpha value is -1.46. The van der Waals surface area contributed by atoms with Gasteiger partial charge < -0.3 is 20.1 Å². The van der Waals surface area contributed by atoms with Gasteiger partial charge >= 0.3 is 12.2 Å². The van der Waals surface area contributed by atoms with Gasteiger partial charge in [-0.1, -0.05) is 0 Å². The average Bonchev–Trinajstić information content (AvgIpc) is 2.10. The van der Waals surface area contributed by atoms with Crippen LogP contribution in [0.1, 0.15) is 33.6 Å². The number of carboxylic acid groups (broad SMARTS) is 1. The lowest BCUT2D eigenvalue weighted by Crippen LogP contribution is -2.49. The van der Waals surface area contributed by atoms with Crippen molar-refractivity contribution >= 4 is 12.2 Å². The van der Waals surface area contributed by atoms with Crippen molar-refractivity contribution in [2.75, 3.05) is 13.6 Å². The molecule has 0 aromatic rings. The van der Waals surface area contributed by atoms with Crippen LogP contribution in [0.3, 0.4) is 0 Å². The largest absolute Gasteiger partial charge is 0.465 e. The zero-order valence-electron chi connectivity index (χ0n) is 11.4. The summed E-state index contributed by atoms with van der Waals surface area (Å²) in [5.41, 5.74) is -0.489. The highest BCUT2D eigenvalue weighted by molar-refractivity contribution is 5.68. The highest BCUT2D eigenvalue weighted by Gasteiger charge is 2.32. The molecule has 104 valence electrons. The number of nitrogens with one attached hydrogen (secondary N) is 1. The van der Waals surface area contributed by atoms with Gasteiger partial charge in [-0.15, -0.1) is 0 Å². The van der Waals surface area contributed by atoms with Crippen molar-refractivity contribution in [1.29, 1.82) is 0 Å². The van der Waals surface area contributed by atoms with Gasteiger partial charge in [0.1, 0.15) is 5.60 Å². The van der Waals surface area contributed by atoms with Crippen molar-refractivity contribution in [2.24, 2.45) is 5.92 Å². The van der Waals surface area contributed by atoms with E-state index in [9.17, 15) is 9.59 Å². The monoisotopic (exact) mass is 258 g/mol. The second-order valence-corrected chi connectivity index (χ2v) is 5.84. The van der Waals surface area contributed by atoms with E-state index in [1.54, 1.807) is 7.05 Å². The van der Waals surface area contributed by atoms with Crippen LogP contribution < -0.4 is 5.32 Å². The summed E-state index contributed by atoms with van der Waals surface area (Å²) in [6, 6.07) is 0.104. The number of carbonyl (C=O) groups is 2. The molecule has 1 aliphatic rings. The Bertz CT molecular complexity index is 319. The van der Waals surface area contributed by atoms with E-state index in [2.05, 4.69) is 5.32 Å². The highest BCUT2D eigenvalue weighted by Crippen LogP contribution is 2.28. The van der Waals surface area contributed by atoms with Crippen LogP contribution in [0.4, 0.5) is 9.59 Å². The molecule has 0 atom stereocenters. The van der Waals surface area contributed by atoms with Gasteiger partial charge in [0, 0.05) is 19.6 Å². The zero-order valence-corrected chi connectivity index (χ0v) is 11.4. The molecule has 1 rings (SSSR count). The fourth-order valence-electron chi connectivity index (χ4n) is 1.94. The van der Waals surface area contributed by atoms with E-state index in [1.165, 1.54) is 4.90 Å². The predicted octanol–water partition coefficient (Wildman–Crippen LogP) is 1.90. The second kappa shape index (κ2) is 5.46. The summed E-state index contributed by atoms with van der Waals surface area (Å²) in [5.74, 6) is 0.325. The summed E-state index contributed by atoms with van der Waals surface area (Å²) in [5, 5.41) is 11.5. The van der Waals surface area contributed by atoms with Crippen molar-refractivity contribution in [3.8, 4) is 0 Å². The third kappa shape index (κ3) is 4.81.